The molecule has 0 aliphatic rings. The molecule has 0 spiro atoms. The molecule has 7 heteroatoms. The topological polar surface area (TPSA) is 47.9 Å². The van der Waals surface area contributed by atoms with Gasteiger partial charge in [0.1, 0.15) is 5.75 Å². The van der Waals surface area contributed by atoms with Crippen molar-refractivity contribution in [3.63, 3.8) is 0 Å². The number of ether oxygens (including phenoxy) is 1. The van der Waals surface area contributed by atoms with Gasteiger partial charge in [-0.2, -0.15) is 0 Å². The fourth-order valence-corrected chi connectivity index (χ4v) is 3.70. The van der Waals surface area contributed by atoms with E-state index in [1.807, 2.05) is 66.7 Å². The van der Waals surface area contributed by atoms with Crippen LogP contribution >= 0.6 is 47.8 Å². The molecule has 3 aromatic carbocycles. The van der Waals surface area contributed by atoms with Crippen LogP contribution in [0.15, 0.2) is 80.1 Å². The molecule has 0 atom stereocenters. The molecule has 0 amide bonds. The first-order valence-electron chi connectivity index (χ1n) is 8.65. The largest absolute Gasteiger partial charge is 0.496 e. The molecule has 29 heavy (non-hydrogen) atoms. The van der Waals surface area contributed by atoms with E-state index in [0.29, 0.717) is 17.5 Å². The number of hydrogen-bond donors (Lipinski definition) is 0. The fraction of sp³-hybridized carbons (Fsp3) is 0.0455. The Hall–Kier alpha value is -2.09. The summed E-state index contributed by atoms with van der Waals surface area (Å²) in [4.78, 5) is 14.2. The molecule has 1 heterocycles. The minimum atomic E-state index is 0.585. The Labute approximate surface area is 193 Å². The van der Waals surface area contributed by atoms with Crippen molar-refractivity contribution in [2.45, 2.75) is 0 Å². The molecular formula is C22H14Br3N3O. The lowest BCUT2D eigenvalue weighted by Gasteiger charge is -2.10. The maximum Gasteiger partial charge on any atom is 0.164 e. The fourth-order valence-electron chi connectivity index (χ4n) is 2.76. The predicted octanol–water partition coefficient (Wildman–Crippen LogP) is 7.17. The van der Waals surface area contributed by atoms with Crippen molar-refractivity contribution in [3.05, 3.63) is 80.1 Å². The molecule has 0 fully saturated rings. The van der Waals surface area contributed by atoms with Gasteiger partial charge >= 0.3 is 0 Å². The number of methoxy groups -OCH3 is 1. The summed E-state index contributed by atoms with van der Waals surface area (Å²) >= 11 is 10.4. The third kappa shape index (κ3) is 4.57. The van der Waals surface area contributed by atoms with Gasteiger partial charge in [-0.15, -0.1) is 0 Å². The Bertz CT molecular complexity index is 1100. The van der Waals surface area contributed by atoms with Crippen LogP contribution in [0.5, 0.6) is 5.75 Å². The number of benzene rings is 3. The van der Waals surface area contributed by atoms with Crippen molar-refractivity contribution >= 4 is 47.8 Å². The van der Waals surface area contributed by atoms with Crippen molar-refractivity contribution in [1.82, 2.24) is 15.0 Å². The van der Waals surface area contributed by atoms with E-state index >= 15 is 0 Å². The first-order valence-corrected chi connectivity index (χ1v) is 11.0. The Kier molecular flexibility index (Phi) is 6.08. The zero-order chi connectivity index (χ0) is 20.4. The third-order valence-electron chi connectivity index (χ3n) is 4.25. The van der Waals surface area contributed by atoms with Crippen LogP contribution in [0.1, 0.15) is 0 Å². The Morgan fingerprint density at radius 3 is 1.45 bits per heavy atom. The number of halogens is 3. The summed E-state index contributed by atoms with van der Waals surface area (Å²) in [6.45, 7) is 0. The first-order chi connectivity index (χ1) is 14.0. The van der Waals surface area contributed by atoms with E-state index in [0.717, 1.165) is 35.9 Å². The number of rotatable bonds is 4. The van der Waals surface area contributed by atoms with Crippen LogP contribution in [0.25, 0.3) is 34.2 Å². The lowest BCUT2D eigenvalue weighted by molar-refractivity contribution is 0.412. The average molecular weight is 576 g/mol. The molecule has 0 radical (unpaired) electrons. The highest BCUT2D eigenvalue weighted by Crippen LogP contribution is 2.31. The lowest BCUT2D eigenvalue weighted by atomic mass is 10.1. The van der Waals surface area contributed by atoms with Gasteiger partial charge in [-0.1, -0.05) is 56.1 Å². The van der Waals surface area contributed by atoms with Gasteiger partial charge in [-0.05, 0) is 58.4 Å². The second-order valence-corrected chi connectivity index (χ2v) is 8.86. The molecule has 0 saturated heterocycles. The predicted molar refractivity (Wildman–Crippen MR) is 126 cm³/mol. The molecular weight excluding hydrogens is 562 g/mol. The molecule has 0 aliphatic carbocycles. The standard InChI is InChI=1S/C22H14Br3N3O/c1-29-19-12-15(6-11-18(19)25)22-27-20(13-2-7-16(23)8-3-13)26-21(28-22)14-4-9-17(24)10-5-14/h2-12H,1H3. The summed E-state index contributed by atoms with van der Waals surface area (Å²) < 4.78 is 8.31. The summed E-state index contributed by atoms with van der Waals surface area (Å²) in [5.41, 5.74) is 2.68. The van der Waals surface area contributed by atoms with Crippen LogP contribution in [0.4, 0.5) is 0 Å². The molecule has 4 rings (SSSR count). The molecule has 1 aromatic heterocycles. The minimum Gasteiger partial charge on any atom is -0.496 e. The summed E-state index contributed by atoms with van der Waals surface area (Å²) in [5.74, 6) is 2.53. The second kappa shape index (κ2) is 8.73. The molecule has 0 bridgehead atoms. The number of nitrogens with zero attached hydrogens (tertiary/aromatic N) is 3. The van der Waals surface area contributed by atoms with Crippen LogP contribution in [0.3, 0.4) is 0 Å². The average Bonchev–Trinajstić information content (AvgIpc) is 2.75. The van der Waals surface area contributed by atoms with Gasteiger partial charge in [0, 0.05) is 25.6 Å². The molecule has 0 N–H and O–H groups in total. The van der Waals surface area contributed by atoms with E-state index in [1.54, 1.807) is 7.11 Å². The highest BCUT2D eigenvalue weighted by Gasteiger charge is 2.13. The van der Waals surface area contributed by atoms with Gasteiger partial charge in [0.15, 0.2) is 17.5 Å². The smallest absolute Gasteiger partial charge is 0.164 e. The molecule has 0 aliphatic heterocycles. The SMILES string of the molecule is COc1cc(-c2nc(-c3ccc(Br)cc3)nc(-c3ccc(Br)cc3)n2)ccc1Br. The second-order valence-electron chi connectivity index (χ2n) is 6.17. The lowest BCUT2D eigenvalue weighted by Crippen LogP contribution is -2.00. The normalized spacial score (nSPS) is 10.8. The monoisotopic (exact) mass is 573 g/mol. The van der Waals surface area contributed by atoms with E-state index in [-0.39, 0.29) is 0 Å². The highest BCUT2D eigenvalue weighted by molar-refractivity contribution is 9.11. The van der Waals surface area contributed by atoms with Crippen LogP contribution in [-0.2, 0) is 0 Å². The quantitative estimate of drug-likeness (QED) is 0.259. The summed E-state index contributed by atoms with van der Waals surface area (Å²) in [6, 6.07) is 21.6. The summed E-state index contributed by atoms with van der Waals surface area (Å²) in [6.07, 6.45) is 0. The Morgan fingerprint density at radius 1 is 0.586 bits per heavy atom. The van der Waals surface area contributed by atoms with Crippen molar-refractivity contribution in [1.29, 1.82) is 0 Å². The summed E-state index contributed by atoms with van der Waals surface area (Å²) in [7, 11) is 1.64. The van der Waals surface area contributed by atoms with Crippen molar-refractivity contribution in [3.8, 4) is 39.9 Å². The van der Waals surface area contributed by atoms with Crippen LogP contribution in [0.2, 0.25) is 0 Å². The van der Waals surface area contributed by atoms with Crippen molar-refractivity contribution in [2.24, 2.45) is 0 Å². The van der Waals surface area contributed by atoms with E-state index in [2.05, 4.69) is 47.8 Å². The van der Waals surface area contributed by atoms with Crippen LogP contribution in [-0.4, -0.2) is 22.1 Å². The molecule has 4 aromatic rings. The molecule has 4 nitrogen and oxygen atoms in total. The first kappa shape index (κ1) is 20.2. The van der Waals surface area contributed by atoms with Gasteiger partial charge in [-0.25, -0.2) is 15.0 Å². The third-order valence-corrected chi connectivity index (χ3v) is 5.96. The Morgan fingerprint density at radius 2 is 1.00 bits per heavy atom. The highest BCUT2D eigenvalue weighted by atomic mass is 79.9. The number of hydrogen-bond acceptors (Lipinski definition) is 4. The zero-order valence-corrected chi connectivity index (χ0v) is 20.0. The van der Waals surface area contributed by atoms with Gasteiger partial charge in [0.2, 0.25) is 0 Å². The maximum atomic E-state index is 5.43. The van der Waals surface area contributed by atoms with Gasteiger partial charge in [0.25, 0.3) is 0 Å². The van der Waals surface area contributed by atoms with Gasteiger partial charge in [0.05, 0.1) is 11.6 Å². The van der Waals surface area contributed by atoms with Crippen LogP contribution < -0.4 is 4.74 Å². The molecule has 0 unspecified atom stereocenters. The van der Waals surface area contributed by atoms with Gasteiger partial charge < -0.3 is 4.74 Å². The van der Waals surface area contributed by atoms with Crippen molar-refractivity contribution in [2.75, 3.05) is 7.11 Å². The number of aromatic nitrogens is 3. The molecule has 144 valence electrons. The van der Waals surface area contributed by atoms with Gasteiger partial charge in [-0.3, -0.25) is 0 Å². The van der Waals surface area contributed by atoms with E-state index in [9.17, 15) is 0 Å². The Balaban J connectivity index is 1.90. The molecule has 0 saturated carbocycles. The van der Waals surface area contributed by atoms with Crippen molar-refractivity contribution < 1.29 is 4.74 Å². The van der Waals surface area contributed by atoms with E-state index in [4.69, 9.17) is 19.7 Å². The minimum absolute atomic E-state index is 0.585. The van der Waals surface area contributed by atoms with Crippen LogP contribution in [0, 0.1) is 0 Å². The van der Waals surface area contributed by atoms with E-state index in [1.165, 1.54) is 0 Å². The zero-order valence-electron chi connectivity index (χ0n) is 15.2. The maximum absolute atomic E-state index is 5.43. The van der Waals surface area contributed by atoms with E-state index < -0.39 is 0 Å². The summed E-state index contributed by atoms with van der Waals surface area (Å²) in [5, 5.41) is 0.